The standard InChI is InChI=1S/C9H16N2.HI/c1-4-5-8(2)11-7-6-10-9(11)3;/h6-8H,4-5H2,1-3H3;1H. The smallest absolute Gasteiger partial charge is 0.105 e. The van der Waals surface area contributed by atoms with Gasteiger partial charge in [-0.2, -0.15) is 0 Å². The van der Waals surface area contributed by atoms with Gasteiger partial charge in [0.2, 0.25) is 0 Å². The summed E-state index contributed by atoms with van der Waals surface area (Å²) in [4.78, 5) is 4.18. The van der Waals surface area contributed by atoms with Gasteiger partial charge in [-0.05, 0) is 20.3 Å². The van der Waals surface area contributed by atoms with Crippen molar-refractivity contribution < 1.29 is 0 Å². The Morgan fingerprint density at radius 3 is 2.67 bits per heavy atom. The normalized spacial score (nSPS) is 12.2. The number of imidazole rings is 1. The predicted molar refractivity (Wildman–Crippen MR) is 62.0 cm³/mol. The average molecular weight is 280 g/mol. The van der Waals surface area contributed by atoms with Crippen LogP contribution in [0.5, 0.6) is 0 Å². The number of nitrogens with zero attached hydrogens (tertiary/aromatic N) is 2. The molecule has 0 aliphatic carbocycles. The van der Waals surface area contributed by atoms with Crippen LogP contribution in [0, 0.1) is 6.92 Å². The van der Waals surface area contributed by atoms with Crippen LogP contribution in [-0.4, -0.2) is 9.55 Å². The minimum Gasteiger partial charge on any atom is -0.332 e. The van der Waals surface area contributed by atoms with E-state index in [2.05, 4.69) is 29.6 Å². The second-order valence-corrected chi connectivity index (χ2v) is 3.02. The van der Waals surface area contributed by atoms with Crippen molar-refractivity contribution in [2.75, 3.05) is 0 Å². The van der Waals surface area contributed by atoms with Crippen molar-refractivity contribution in [1.82, 2.24) is 9.55 Å². The van der Waals surface area contributed by atoms with Crippen LogP contribution in [-0.2, 0) is 0 Å². The Bertz CT molecular complexity index is 220. The molecule has 0 fully saturated rings. The molecule has 1 heterocycles. The summed E-state index contributed by atoms with van der Waals surface area (Å²) >= 11 is 0. The van der Waals surface area contributed by atoms with Crippen molar-refractivity contribution >= 4 is 24.0 Å². The molecule has 0 saturated heterocycles. The zero-order valence-corrected chi connectivity index (χ0v) is 10.3. The minimum absolute atomic E-state index is 0. The van der Waals surface area contributed by atoms with Crippen LogP contribution < -0.4 is 0 Å². The van der Waals surface area contributed by atoms with Gasteiger partial charge >= 0.3 is 0 Å². The maximum absolute atomic E-state index is 4.18. The van der Waals surface area contributed by atoms with Gasteiger partial charge in [0.25, 0.3) is 0 Å². The lowest BCUT2D eigenvalue weighted by atomic mass is 10.2. The maximum Gasteiger partial charge on any atom is 0.105 e. The number of hydrogen-bond acceptors (Lipinski definition) is 1. The van der Waals surface area contributed by atoms with Crippen LogP contribution in [0.1, 0.15) is 38.6 Å². The van der Waals surface area contributed by atoms with E-state index in [1.165, 1.54) is 12.8 Å². The molecule has 1 aromatic heterocycles. The first-order valence-corrected chi connectivity index (χ1v) is 4.25. The topological polar surface area (TPSA) is 17.8 Å². The number of hydrogen-bond donors (Lipinski definition) is 0. The van der Waals surface area contributed by atoms with Crippen molar-refractivity contribution in [3.8, 4) is 0 Å². The molecule has 1 atom stereocenters. The highest BCUT2D eigenvalue weighted by molar-refractivity contribution is 14.0. The molecule has 1 unspecified atom stereocenters. The highest BCUT2D eigenvalue weighted by atomic mass is 127. The lowest BCUT2D eigenvalue weighted by molar-refractivity contribution is 0.490. The van der Waals surface area contributed by atoms with E-state index in [1.807, 2.05) is 13.1 Å². The first kappa shape index (κ1) is 11.9. The molecule has 0 aliphatic rings. The molecule has 0 N–H and O–H groups in total. The molecule has 0 saturated carbocycles. The lowest BCUT2D eigenvalue weighted by Gasteiger charge is -2.13. The second kappa shape index (κ2) is 5.56. The van der Waals surface area contributed by atoms with Crippen molar-refractivity contribution in [2.24, 2.45) is 0 Å². The molecule has 2 nitrogen and oxygen atoms in total. The molecular formula is C9H17IN2. The van der Waals surface area contributed by atoms with Gasteiger partial charge in [0.05, 0.1) is 0 Å². The Hall–Kier alpha value is -0.0600. The zero-order valence-electron chi connectivity index (χ0n) is 7.95. The maximum atomic E-state index is 4.18. The molecule has 3 heteroatoms. The Morgan fingerprint density at radius 2 is 2.25 bits per heavy atom. The van der Waals surface area contributed by atoms with Crippen molar-refractivity contribution in [3.63, 3.8) is 0 Å². The van der Waals surface area contributed by atoms with Gasteiger partial charge in [-0.3, -0.25) is 0 Å². The highest BCUT2D eigenvalue weighted by Gasteiger charge is 2.04. The van der Waals surface area contributed by atoms with Crippen molar-refractivity contribution in [1.29, 1.82) is 0 Å². The van der Waals surface area contributed by atoms with Gasteiger partial charge in [-0.25, -0.2) is 4.98 Å². The summed E-state index contributed by atoms with van der Waals surface area (Å²) in [7, 11) is 0. The molecule has 0 amide bonds. The molecule has 70 valence electrons. The minimum atomic E-state index is 0. The van der Waals surface area contributed by atoms with Crippen LogP contribution >= 0.6 is 24.0 Å². The Morgan fingerprint density at radius 1 is 1.58 bits per heavy atom. The van der Waals surface area contributed by atoms with Crippen LogP contribution in [0.4, 0.5) is 0 Å². The first-order chi connectivity index (χ1) is 5.25. The van der Waals surface area contributed by atoms with Crippen LogP contribution in [0.2, 0.25) is 0 Å². The SMILES string of the molecule is CCCC(C)n1ccnc1C.I. The van der Waals surface area contributed by atoms with E-state index in [4.69, 9.17) is 0 Å². The monoisotopic (exact) mass is 280 g/mol. The fourth-order valence-electron chi connectivity index (χ4n) is 1.41. The largest absolute Gasteiger partial charge is 0.332 e. The fraction of sp³-hybridized carbons (Fsp3) is 0.667. The van der Waals surface area contributed by atoms with Gasteiger partial charge in [0.1, 0.15) is 5.82 Å². The molecule has 0 radical (unpaired) electrons. The summed E-state index contributed by atoms with van der Waals surface area (Å²) < 4.78 is 2.23. The summed E-state index contributed by atoms with van der Waals surface area (Å²) in [6, 6.07) is 0.600. The van der Waals surface area contributed by atoms with Gasteiger partial charge in [0, 0.05) is 18.4 Å². The molecule has 0 spiro atoms. The molecular weight excluding hydrogens is 263 g/mol. The molecule has 12 heavy (non-hydrogen) atoms. The highest BCUT2D eigenvalue weighted by Crippen LogP contribution is 2.13. The van der Waals surface area contributed by atoms with E-state index in [0.29, 0.717) is 6.04 Å². The van der Waals surface area contributed by atoms with E-state index in [9.17, 15) is 0 Å². The summed E-state index contributed by atoms with van der Waals surface area (Å²) in [5, 5.41) is 0. The van der Waals surface area contributed by atoms with Crippen LogP contribution in [0.3, 0.4) is 0 Å². The third kappa shape index (κ3) is 2.77. The third-order valence-electron chi connectivity index (χ3n) is 2.04. The lowest BCUT2D eigenvalue weighted by Crippen LogP contribution is -2.05. The number of rotatable bonds is 3. The average Bonchev–Trinajstić information content (AvgIpc) is 2.36. The fourth-order valence-corrected chi connectivity index (χ4v) is 1.41. The zero-order chi connectivity index (χ0) is 8.27. The van der Waals surface area contributed by atoms with E-state index < -0.39 is 0 Å². The summed E-state index contributed by atoms with van der Waals surface area (Å²) in [6.07, 6.45) is 6.38. The van der Waals surface area contributed by atoms with E-state index >= 15 is 0 Å². The molecule has 0 aromatic carbocycles. The van der Waals surface area contributed by atoms with Crippen LogP contribution in [0.15, 0.2) is 12.4 Å². The van der Waals surface area contributed by atoms with Crippen molar-refractivity contribution in [2.45, 2.75) is 39.7 Å². The van der Waals surface area contributed by atoms with Gasteiger partial charge in [0.15, 0.2) is 0 Å². The van der Waals surface area contributed by atoms with Gasteiger partial charge < -0.3 is 4.57 Å². The van der Waals surface area contributed by atoms with E-state index in [-0.39, 0.29) is 24.0 Å². The number of aromatic nitrogens is 2. The first-order valence-electron chi connectivity index (χ1n) is 4.25. The molecule has 0 aliphatic heterocycles. The van der Waals surface area contributed by atoms with Crippen LogP contribution in [0.25, 0.3) is 0 Å². The van der Waals surface area contributed by atoms with Gasteiger partial charge in [-0.1, -0.05) is 13.3 Å². The Kier molecular flexibility index (Phi) is 5.53. The van der Waals surface area contributed by atoms with E-state index in [0.717, 1.165) is 5.82 Å². The molecule has 0 bridgehead atoms. The summed E-state index contributed by atoms with van der Waals surface area (Å²) in [6.45, 7) is 6.49. The second-order valence-electron chi connectivity index (χ2n) is 3.02. The molecule has 1 rings (SSSR count). The molecule has 1 aromatic rings. The third-order valence-corrected chi connectivity index (χ3v) is 2.04. The quantitative estimate of drug-likeness (QED) is 0.778. The van der Waals surface area contributed by atoms with E-state index in [1.54, 1.807) is 0 Å². The number of halogens is 1. The van der Waals surface area contributed by atoms with Gasteiger partial charge in [-0.15, -0.1) is 24.0 Å². The summed E-state index contributed by atoms with van der Waals surface area (Å²) in [5.74, 6) is 1.12. The summed E-state index contributed by atoms with van der Waals surface area (Å²) in [5.41, 5.74) is 0. The van der Waals surface area contributed by atoms with Crippen molar-refractivity contribution in [3.05, 3.63) is 18.2 Å². The Balaban J connectivity index is 0.00000121. The number of aryl methyl sites for hydroxylation is 1. The Labute approximate surface area is 91.4 Å². The predicted octanol–water partition coefficient (Wildman–Crippen LogP) is 3.17.